The molecule has 2 atom stereocenters. The maximum absolute atomic E-state index is 13.1. The van der Waals surface area contributed by atoms with Gasteiger partial charge in [0.2, 0.25) is 0 Å². The highest BCUT2D eigenvalue weighted by molar-refractivity contribution is 5.52. The average Bonchev–Trinajstić information content (AvgIpc) is 2.45. The predicted octanol–water partition coefficient (Wildman–Crippen LogP) is 1.75. The molecule has 0 aromatic heterocycles. The van der Waals surface area contributed by atoms with E-state index < -0.39 is 17.8 Å². The van der Waals surface area contributed by atoms with E-state index in [1.807, 2.05) is 6.92 Å². The molecule has 7 heteroatoms. The summed E-state index contributed by atoms with van der Waals surface area (Å²) in [6, 6.07) is 4.16. The second-order valence-corrected chi connectivity index (χ2v) is 5.20. The number of hydrogen-bond donors (Lipinski definition) is 2. The Kier molecular flexibility index (Phi) is 4.75. The number of nitrogens with two attached hydrogens (primary N) is 1. The summed E-state index contributed by atoms with van der Waals surface area (Å²) in [7, 11) is 0. The van der Waals surface area contributed by atoms with Crippen LogP contribution in [-0.2, 0) is 17.5 Å². The predicted molar refractivity (Wildman–Crippen MR) is 73.0 cm³/mol. The highest BCUT2D eigenvalue weighted by atomic mass is 19.4. The lowest BCUT2D eigenvalue weighted by Gasteiger charge is -2.37. The minimum Gasteiger partial charge on any atom is -0.394 e. The van der Waals surface area contributed by atoms with E-state index in [0.717, 1.165) is 6.07 Å². The van der Waals surface area contributed by atoms with Gasteiger partial charge in [-0.1, -0.05) is 6.07 Å². The molecule has 118 valence electrons. The van der Waals surface area contributed by atoms with E-state index in [-0.39, 0.29) is 24.8 Å². The fourth-order valence-electron chi connectivity index (χ4n) is 2.56. The molecule has 0 spiro atoms. The zero-order chi connectivity index (χ0) is 15.6. The van der Waals surface area contributed by atoms with Crippen molar-refractivity contribution in [1.29, 1.82) is 0 Å². The smallest absolute Gasteiger partial charge is 0.394 e. The molecule has 21 heavy (non-hydrogen) atoms. The van der Waals surface area contributed by atoms with Crippen LogP contribution in [0.4, 0.5) is 18.9 Å². The van der Waals surface area contributed by atoms with Crippen LogP contribution < -0.4 is 10.6 Å². The summed E-state index contributed by atoms with van der Waals surface area (Å²) in [6.45, 7) is 2.35. The van der Waals surface area contributed by atoms with Crippen LogP contribution in [0.25, 0.3) is 0 Å². The standard InChI is InChI=1S/C14H19F3N2O2/c1-9-6-19(7-12(8-20)21-9)11-3-2-10(5-18)13(4-11)14(15,16)17/h2-4,9,12,20H,5-8,18H2,1H3. The molecular formula is C14H19F3N2O2. The Morgan fingerprint density at radius 3 is 2.67 bits per heavy atom. The number of aliphatic hydroxyl groups is 1. The van der Waals surface area contributed by atoms with E-state index in [4.69, 9.17) is 10.5 Å². The molecule has 1 fully saturated rings. The lowest BCUT2D eigenvalue weighted by Crippen LogP contribution is -2.48. The maximum Gasteiger partial charge on any atom is 0.416 e. The molecule has 1 aliphatic rings. The van der Waals surface area contributed by atoms with Crippen LogP contribution in [0.15, 0.2) is 18.2 Å². The van der Waals surface area contributed by atoms with Crippen molar-refractivity contribution in [2.24, 2.45) is 5.73 Å². The molecule has 1 aromatic carbocycles. The van der Waals surface area contributed by atoms with Crippen LogP contribution in [0.3, 0.4) is 0 Å². The molecule has 2 rings (SSSR count). The van der Waals surface area contributed by atoms with Gasteiger partial charge in [0.1, 0.15) is 0 Å². The number of hydrogen-bond acceptors (Lipinski definition) is 4. The fourth-order valence-corrected chi connectivity index (χ4v) is 2.56. The van der Waals surface area contributed by atoms with E-state index in [1.54, 1.807) is 11.0 Å². The van der Waals surface area contributed by atoms with Gasteiger partial charge in [-0.05, 0) is 24.6 Å². The minimum absolute atomic E-state index is 0.0752. The second kappa shape index (κ2) is 6.21. The van der Waals surface area contributed by atoms with E-state index in [2.05, 4.69) is 0 Å². The number of morpholine rings is 1. The molecule has 3 N–H and O–H groups in total. The summed E-state index contributed by atoms with van der Waals surface area (Å²) < 4.78 is 44.7. The number of rotatable bonds is 3. The molecule has 0 aliphatic carbocycles. The number of aliphatic hydroxyl groups excluding tert-OH is 1. The SMILES string of the molecule is CC1CN(c2ccc(CN)c(C(F)(F)F)c2)CC(CO)O1. The van der Waals surface area contributed by atoms with Crippen molar-refractivity contribution in [3.63, 3.8) is 0 Å². The van der Waals surface area contributed by atoms with E-state index in [9.17, 15) is 18.3 Å². The molecule has 1 aromatic rings. The first-order valence-electron chi connectivity index (χ1n) is 6.76. The van der Waals surface area contributed by atoms with Crippen molar-refractivity contribution in [2.75, 3.05) is 24.6 Å². The summed E-state index contributed by atoms with van der Waals surface area (Å²) >= 11 is 0. The highest BCUT2D eigenvalue weighted by Crippen LogP contribution is 2.35. The topological polar surface area (TPSA) is 58.7 Å². The summed E-state index contributed by atoms with van der Waals surface area (Å²) in [5.41, 5.74) is 5.21. The molecule has 0 radical (unpaired) electrons. The minimum atomic E-state index is -4.43. The molecule has 0 amide bonds. The fraction of sp³-hybridized carbons (Fsp3) is 0.571. The van der Waals surface area contributed by atoms with Crippen LogP contribution in [0, 0.1) is 0 Å². The third-order valence-electron chi connectivity index (χ3n) is 3.51. The number of halogens is 3. The van der Waals surface area contributed by atoms with Crippen molar-refractivity contribution >= 4 is 5.69 Å². The number of alkyl halides is 3. The number of nitrogens with zero attached hydrogens (tertiary/aromatic N) is 1. The lowest BCUT2D eigenvalue weighted by atomic mass is 10.0. The van der Waals surface area contributed by atoms with E-state index in [1.165, 1.54) is 6.07 Å². The van der Waals surface area contributed by atoms with Crippen molar-refractivity contribution in [3.8, 4) is 0 Å². The first-order valence-corrected chi connectivity index (χ1v) is 6.76. The normalized spacial score (nSPS) is 23.4. The first-order chi connectivity index (χ1) is 9.85. The molecule has 0 saturated carbocycles. The van der Waals surface area contributed by atoms with Crippen LogP contribution >= 0.6 is 0 Å². The Morgan fingerprint density at radius 2 is 2.10 bits per heavy atom. The molecular weight excluding hydrogens is 285 g/mol. The maximum atomic E-state index is 13.1. The van der Waals surface area contributed by atoms with Gasteiger partial charge < -0.3 is 20.5 Å². The zero-order valence-electron chi connectivity index (χ0n) is 11.7. The first kappa shape index (κ1) is 16.1. The Balaban J connectivity index is 2.31. The second-order valence-electron chi connectivity index (χ2n) is 5.20. The van der Waals surface area contributed by atoms with Gasteiger partial charge in [0.25, 0.3) is 0 Å². The Hall–Kier alpha value is -1.31. The van der Waals surface area contributed by atoms with Crippen LogP contribution in [0.2, 0.25) is 0 Å². The van der Waals surface area contributed by atoms with Gasteiger partial charge in [-0.15, -0.1) is 0 Å². The number of anilines is 1. The summed E-state index contributed by atoms with van der Waals surface area (Å²) in [5, 5.41) is 9.19. The third kappa shape index (κ3) is 3.66. The van der Waals surface area contributed by atoms with Crippen LogP contribution in [0.1, 0.15) is 18.1 Å². The Morgan fingerprint density at radius 1 is 1.38 bits per heavy atom. The molecule has 1 saturated heterocycles. The van der Waals surface area contributed by atoms with Gasteiger partial charge in [-0.25, -0.2) is 0 Å². The van der Waals surface area contributed by atoms with Gasteiger partial charge in [-0.3, -0.25) is 0 Å². The monoisotopic (exact) mass is 304 g/mol. The van der Waals surface area contributed by atoms with Gasteiger partial charge in [0, 0.05) is 25.3 Å². The third-order valence-corrected chi connectivity index (χ3v) is 3.51. The van der Waals surface area contributed by atoms with Crippen LogP contribution in [0.5, 0.6) is 0 Å². The van der Waals surface area contributed by atoms with Gasteiger partial charge in [0.15, 0.2) is 0 Å². The molecule has 1 aliphatic heterocycles. The largest absolute Gasteiger partial charge is 0.416 e. The Bertz CT molecular complexity index is 494. The summed E-state index contributed by atoms with van der Waals surface area (Å²) in [4.78, 5) is 1.80. The van der Waals surface area contributed by atoms with E-state index >= 15 is 0 Å². The number of benzene rings is 1. The lowest BCUT2D eigenvalue weighted by molar-refractivity contribution is -0.138. The summed E-state index contributed by atoms with van der Waals surface area (Å²) in [5.74, 6) is 0. The van der Waals surface area contributed by atoms with Gasteiger partial charge in [0.05, 0.1) is 24.4 Å². The quantitative estimate of drug-likeness (QED) is 0.893. The van der Waals surface area contributed by atoms with Gasteiger partial charge in [-0.2, -0.15) is 13.2 Å². The molecule has 2 unspecified atom stereocenters. The molecule has 0 bridgehead atoms. The van der Waals surface area contributed by atoms with E-state index in [0.29, 0.717) is 18.8 Å². The van der Waals surface area contributed by atoms with Crippen LogP contribution in [-0.4, -0.2) is 37.0 Å². The summed E-state index contributed by atoms with van der Waals surface area (Å²) in [6.07, 6.45) is -4.98. The molecule has 1 heterocycles. The number of ether oxygens (including phenoxy) is 1. The Labute approximate surface area is 121 Å². The average molecular weight is 304 g/mol. The van der Waals surface area contributed by atoms with Crippen molar-refractivity contribution in [1.82, 2.24) is 0 Å². The van der Waals surface area contributed by atoms with Gasteiger partial charge >= 0.3 is 6.18 Å². The van der Waals surface area contributed by atoms with Crippen molar-refractivity contribution < 1.29 is 23.0 Å². The van der Waals surface area contributed by atoms with Crippen molar-refractivity contribution in [3.05, 3.63) is 29.3 Å². The zero-order valence-corrected chi connectivity index (χ0v) is 11.7. The van der Waals surface area contributed by atoms with Crippen molar-refractivity contribution in [2.45, 2.75) is 31.9 Å². The molecule has 4 nitrogen and oxygen atoms in total. The highest BCUT2D eigenvalue weighted by Gasteiger charge is 2.34.